The number of aliphatic hydroxyl groups is 1. The lowest BCUT2D eigenvalue weighted by molar-refractivity contribution is 0.425. The number of rotatable bonds is 0. The Balaban J connectivity index is 3.04. The van der Waals surface area contributed by atoms with Gasteiger partial charge < -0.3 is 5.11 Å². The summed E-state index contributed by atoms with van der Waals surface area (Å²) in [6, 6.07) is 1.93. The van der Waals surface area contributed by atoms with E-state index in [9.17, 15) is 5.11 Å². The highest BCUT2D eigenvalue weighted by Crippen LogP contribution is 2.14. The van der Waals surface area contributed by atoms with Crippen molar-refractivity contribution in [2.24, 2.45) is 0 Å². The highest BCUT2D eigenvalue weighted by Gasteiger charge is 2.03. The molecule has 0 aromatic carbocycles. The monoisotopic (exact) mass is 147 g/mol. The third kappa shape index (κ3) is 1.71. The molecule has 0 heterocycles. The smallest absolute Gasteiger partial charge is 0.129 e. The van der Waals surface area contributed by atoms with Gasteiger partial charge in [0.2, 0.25) is 0 Å². The summed E-state index contributed by atoms with van der Waals surface area (Å²) >= 11 is 0. The SMILES string of the molecule is CC1=CCC=C(O)C(C#N)=C1. The Labute approximate surface area is 65.8 Å². The quantitative estimate of drug-likeness (QED) is 0.571. The van der Waals surface area contributed by atoms with E-state index in [4.69, 9.17) is 5.26 Å². The molecule has 0 bridgehead atoms. The Kier molecular flexibility index (Phi) is 2.12. The molecular formula is C9H9NO. The maximum atomic E-state index is 9.20. The second-order valence-electron chi connectivity index (χ2n) is 2.44. The van der Waals surface area contributed by atoms with Gasteiger partial charge in [0, 0.05) is 0 Å². The minimum atomic E-state index is 0.0839. The van der Waals surface area contributed by atoms with Crippen LogP contribution in [0.2, 0.25) is 0 Å². The number of nitriles is 1. The molecule has 56 valence electrons. The zero-order chi connectivity index (χ0) is 8.27. The maximum absolute atomic E-state index is 9.20. The molecule has 2 heteroatoms. The van der Waals surface area contributed by atoms with Crippen LogP contribution in [0.4, 0.5) is 0 Å². The Morgan fingerprint density at radius 1 is 1.55 bits per heavy atom. The fourth-order valence-corrected chi connectivity index (χ4v) is 0.916. The van der Waals surface area contributed by atoms with Gasteiger partial charge in [-0.3, -0.25) is 0 Å². The molecule has 0 saturated carbocycles. The predicted molar refractivity (Wildman–Crippen MR) is 42.8 cm³/mol. The molecule has 0 aliphatic heterocycles. The summed E-state index contributed by atoms with van der Waals surface area (Å²) in [4.78, 5) is 0. The number of hydrogen-bond donors (Lipinski definition) is 1. The van der Waals surface area contributed by atoms with Gasteiger partial charge in [0.25, 0.3) is 0 Å². The summed E-state index contributed by atoms with van der Waals surface area (Å²) in [6.45, 7) is 1.91. The van der Waals surface area contributed by atoms with Crippen molar-refractivity contribution in [3.63, 3.8) is 0 Å². The molecule has 0 fully saturated rings. The summed E-state index contributed by atoms with van der Waals surface area (Å²) in [6.07, 6.45) is 5.96. The van der Waals surface area contributed by atoms with Crippen molar-refractivity contribution in [3.8, 4) is 6.07 Å². The Morgan fingerprint density at radius 3 is 2.91 bits per heavy atom. The van der Waals surface area contributed by atoms with Gasteiger partial charge in [0.1, 0.15) is 11.8 Å². The van der Waals surface area contributed by atoms with Gasteiger partial charge in [-0.05, 0) is 25.5 Å². The lowest BCUT2D eigenvalue weighted by Crippen LogP contribution is -1.83. The third-order valence-electron chi connectivity index (χ3n) is 1.52. The van der Waals surface area contributed by atoms with Crippen molar-refractivity contribution in [2.75, 3.05) is 0 Å². The van der Waals surface area contributed by atoms with E-state index in [1.807, 2.05) is 19.1 Å². The van der Waals surface area contributed by atoms with Crippen LogP contribution in [-0.2, 0) is 0 Å². The lowest BCUT2D eigenvalue weighted by atomic mass is 10.2. The van der Waals surface area contributed by atoms with E-state index < -0.39 is 0 Å². The largest absolute Gasteiger partial charge is 0.507 e. The molecule has 0 unspecified atom stereocenters. The minimum Gasteiger partial charge on any atom is -0.507 e. The van der Waals surface area contributed by atoms with Gasteiger partial charge in [0.15, 0.2) is 0 Å². The van der Waals surface area contributed by atoms with Crippen molar-refractivity contribution in [1.29, 1.82) is 5.26 Å². The number of hydrogen-bond acceptors (Lipinski definition) is 2. The number of nitrogens with zero attached hydrogens (tertiary/aromatic N) is 1. The summed E-state index contributed by atoms with van der Waals surface area (Å²) in [7, 11) is 0. The summed E-state index contributed by atoms with van der Waals surface area (Å²) in [5, 5.41) is 17.8. The molecule has 2 nitrogen and oxygen atoms in total. The number of aliphatic hydroxyl groups excluding tert-OH is 1. The molecule has 0 aromatic rings. The molecule has 0 atom stereocenters. The van der Waals surface area contributed by atoms with Crippen molar-refractivity contribution in [1.82, 2.24) is 0 Å². The van der Waals surface area contributed by atoms with Gasteiger partial charge in [-0.1, -0.05) is 11.6 Å². The molecule has 0 amide bonds. The lowest BCUT2D eigenvalue weighted by Gasteiger charge is -1.92. The first kappa shape index (κ1) is 7.62. The van der Waals surface area contributed by atoms with E-state index >= 15 is 0 Å². The van der Waals surface area contributed by atoms with Gasteiger partial charge in [-0.2, -0.15) is 5.26 Å². The highest BCUT2D eigenvalue weighted by atomic mass is 16.3. The second kappa shape index (κ2) is 3.07. The van der Waals surface area contributed by atoms with Crippen LogP contribution in [0, 0.1) is 11.3 Å². The Morgan fingerprint density at radius 2 is 2.27 bits per heavy atom. The molecule has 0 radical (unpaired) electrons. The maximum Gasteiger partial charge on any atom is 0.129 e. The standard InChI is InChI=1S/C9H9NO/c1-7-3-2-4-9(11)8(5-7)6-10/h3-5,11H,2H2,1H3. The normalized spacial score (nSPS) is 17.3. The molecule has 0 saturated heterocycles. The van der Waals surface area contributed by atoms with Gasteiger partial charge >= 0.3 is 0 Å². The summed E-state index contributed by atoms with van der Waals surface area (Å²) in [5.74, 6) is 0.0839. The fourth-order valence-electron chi connectivity index (χ4n) is 0.916. The molecule has 1 aliphatic carbocycles. The molecule has 0 aromatic heterocycles. The topological polar surface area (TPSA) is 44.0 Å². The minimum absolute atomic E-state index is 0.0839. The molecule has 1 aliphatic rings. The van der Waals surface area contributed by atoms with Crippen molar-refractivity contribution in [2.45, 2.75) is 13.3 Å². The molecule has 1 N–H and O–H groups in total. The Bertz CT molecular complexity index is 289. The third-order valence-corrected chi connectivity index (χ3v) is 1.52. The molecular weight excluding hydrogens is 138 g/mol. The number of allylic oxidation sites excluding steroid dienone is 5. The van der Waals surface area contributed by atoms with Crippen LogP contribution in [0.15, 0.2) is 35.1 Å². The second-order valence-corrected chi connectivity index (χ2v) is 2.44. The van der Waals surface area contributed by atoms with E-state index in [1.54, 1.807) is 12.2 Å². The van der Waals surface area contributed by atoms with Crippen molar-refractivity contribution < 1.29 is 5.11 Å². The highest BCUT2D eigenvalue weighted by molar-refractivity contribution is 5.44. The van der Waals surface area contributed by atoms with E-state index in [0.717, 1.165) is 5.57 Å². The average Bonchev–Trinajstić information content (AvgIpc) is 2.13. The van der Waals surface area contributed by atoms with Crippen molar-refractivity contribution >= 4 is 0 Å². The molecule has 1 rings (SSSR count). The van der Waals surface area contributed by atoms with E-state index in [1.165, 1.54) is 0 Å². The first-order valence-electron chi connectivity index (χ1n) is 3.42. The first-order valence-corrected chi connectivity index (χ1v) is 3.42. The van der Waals surface area contributed by atoms with Gasteiger partial charge in [-0.15, -0.1) is 0 Å². The van der Waals surface area contributed by atoms with Crippen LogP contribution in [0.1, 0.15) is 13.3 Å². The summed E-state index contributed by atoms with van der Waals surface area (Å²) < 4.78 is 0. The van der Waals surface area contributed by atoms with Gasteiger partial charge in [0.05, 0.1) is 5.57 Å². The van der Waals surface area contributed by atoms with Crippen LogP contribution in [0.3, 0.4) is 0 Å². The fraction of sp³-hybridized carbons (Fsp3) is 0.222. The van der Waals surface area contributed by atoms with E-state index in [2.05, 4.69) is 0 Å². The zero-order valence-corrected chi connectivity index (χ0v) is 6.33. The van der Waals surface area contributed by atoms with Crippen molar-refractivity contribution in [3.05, 3.63) is 35.1 Å². The average molecular weight is 147 g/mol. The van der Waals surface area contributed by atoms with Crippen LogP contribution in [-0.4, -0.2) is 5.11 Å². The predicted octanol–water partition coefficient (Wildman–Crippen LogP) is 2.23. The van der Waals surface area contributed by atoms with Crippen LogP contribution < -0.4 is 0 Å². The Hall–Kier alpha value is -1.49. The molecule has 0 spiro atoms. The van der Waals surface area contributed by atoms with Crippen LogP contribution in [0.5, 0.6) is 0 Å². The molecule has 11 heavy (non-hydrogen) atoms. The van der Waals surface area contributed by atoms with Gasteiger partial charge in [-0.25, -0.2) is 0 Å². The zero-order valence-electron chi connectivity index (χ0n) is 6.33. The van der Waals surface area contributed by atoms with Crippen LogP contribution >= 0.6 is 0 Å². The first-order chi connectivity index (χ1) is 5.24. The van der Waals surface area contributed by atoms with E-state index in [-0.39, 0.29) is 5.76 Å². The van der Waals surface area contributed by atoms with Crippen LogP contribution in [0.25, 0.3) is 0 Å². The van der Waals surface area contributed by atoms with E-state index in [0.29, 0.717) is 12.0 Å². The summed E-state index contributed by atoms with van der Waals surface area (Å²) in [5.41, 5.74) is 1.36.